The van der Waals surface area contributed by atoms with Gasteiger partial charge in [0.2, 0.25) is 5.91 Å². The summed E-state index contributed by atoms with van der Waals surface area (Å²) in [6.07, 6.45) is -0.783. The minimum atomic E-state index is -0.783. The van der Waals surface area contributed by atoms with Crippen LogP contribution in [0.25, 0.3) is 0 Å². The molecule has 0 saturated carbocycles. The van der Waals surface area contributed by atoms with Gasteiger partial charge in [0.1, 0.15) is 5.82 Å². The molecule has 1 aromatic rings. The first kappa shape index (κ1) is 17.8. The number of ether oxygens (including phenoxy) is 1. The molecule has 1 fully saturated rings. The van der Waals surface area contributed by atoms with E-state index in [1.54, 1.807) is 17.0 Å². The molecule has 23 heavy (non-hydrogen) atoms. The Morgan fingerprint density at radius 1 is 1.30 bits per heavy atom. The molecule has 0 aliphatic carbocycles. The molecule has 0 bridgehead atoms. The first-order chi connectivity index (χ1) is 11.0. The zero-order valence-corrected chi connectivity index (χ0v) is 13.7. The molecule has 5 nitrogen and oxygen atoms in total. The Labute approximate surface area is 136 Å². The number of carbonyl (C=O) groups is 1. The topological polar surface area (TPSA) is 61.8 Å². The molecule has 2 atom stereocenters. The van der Waals surface area contributed by atoms with E-state index in [2.05, 4.69) is 5.32 Å². The van der Waals surface area contributed by atoms with Crippen molar-refractivity contribution in [2.24, 2.45) is 5.92 Å². The van der Waals surface area contributed by atoms with Gasteiger partial charge in [0, 0.05) is 19.6 Å². The average Bonchev–Trinajstić information content (AvgIpc) is 2.55. The highest BCUT2D eigenvalue weighted by Crippen LogP contribution is 2.14. The molecule has 1 saturated heterocycles. The minimum Gasteiger partial charge on any atom is -0.387 e. The van der Waals surface area contributed by atoms with E-state index in [-0.39, 0.29) is 30.2 Å². The van der Waals surface area contributed by atoms with Crippen molar-refractivity contribution in [2.45, 2.75) is 26.0 Å². The van der Waals surface area contributed by atoms with E-state index >= 15 is 0 Å². The fourth-order valence-electron chi connectivity index (χ4n) is 2.63. The molecular formula is C17H25FN2O3. The second kappa shape index (κ2) is 8.38. The molecule has 2 N–H and O–H groups in total. The van der Waals surface area contributed by atoms with Gasteiger partial charge in [-0.3, -0.25) is 4.79 Å². The largest absolute Gasteiger partial charge is 0.387 e. The minimum absolute atomic E-state index is 0.0367. The summed E-state index contributed by atoms with van der Waals surface area (Å²) in [6.45, 7) is 6.52. The standard InChI is InChI=1S/C17H25FN2O3/c1-12(2)16(17(22)20-7-9-23-10-8-20)19-11-15(21)13-3-5-14(18)6-4-13/h3-6,12,15-16,19,21H,7-11H2,1-2H3. The third-order valence-electron chi connectivity index (χ3n) is 4.04. The van der Waals surface area contributed by atoms with Gasteiger partial charge >= 0.3 is 0 Å². The number of rotatable bonds is 6. The van der Waals surface area contributed by atoms with E-state index in [9.17, 15) is 14.3 Å². The summed E-state index contributed by atoms with van der Waals surface area (Å²) >= 11 is 0. The van der Waals surface area contributed by atoms with Crippen LogP contribution < -0.4 is 5.32 Å². The van der Waals surface area contributed by atoms with Crippen LogP contribution in [-0.2, 0) is 9.53 Å². The van der Waals surface area contributed by atoms with Crippen molar-refractivity contribution in [3.05, 3.63) is 35.6 Å². The summed E-state index contributed by atoms with van der Waals surface area (Å²) < 4.78 is 18.2. The van der Waals surface area contributed by atoms with Crippen molar-refractivity contribution in [2.75, 3.05) is 32.8 Å². The normalized spacial score (nSPS) is 18.0. The van der Waals surface area contributed by atoms with E-state index < -0.39 is 6.10 Å². The maximum Gasteiger partial charge on any atom is 0.240 e. The maximum atomic E-state index is 12.9. The lowest BCUT2D eigenvalue weighted by atomic mass is 10.0. The van der Waals surface area contributed by atoms with Crippen molar-refractivity contribution < 1.29 is 19.0 Å². The van der Waals surface area contributed by atoms with Gasteiger partial charge in [0.25, 0.3) is 0 Å². The smallest absolute Gasteiger partial charge is 0.240 e. The lowest BCUT2D eigenvalue weighted by Gasteiger charge is -2.32. The summed E-state index contributed by atoms with van der Waals surface area (Å²) in [5.41, 5.74) is 0.625. The fourth-order valence-corrected chi connectivity index (χ4v) is 2.63. The van der Waals surface area contributed by atoms with Crippen LogP contribution in [-0.4, -0.2) is 54.8 Å². The number of hydrogen-bond acceptors (Lipinski definition) is 4. The predicted octanol–water partition coefficient (Wildman–Crippen LogP) is 1.33. The van der Waals surface area contributed by atoms with Crippen molar-refractivity contribution in [1.29, 1.82) is 0 Å². The van der Waals surface area contributed by atoms with Crippen molar-refractivity contribution >= 4 is 5.91 Å². The van der Waals surface area contributed by atoms with Gasteiger partial charge in [0.05, 0.1) is 25.4 Å². The first-order valence-electron chi connectivity index (χ1n) is 8.02. The van der Waals surface area contributed by atoms with Gasteiger partial charge < -0.3 is 20.1 Å². The Bertz CT molecular complexity index is 501. The third kappa shape index (κ3) is 4.99. The van der Waals surface area contributed by atoms with Crippen LogP contribution in [0.15, 0.2) is 24.3 Å². The van der Waals surface area contributed by atoms with Gasteiger partial charge in [-0.15, -0.1) is 0 Å². The number of aliphatic hydroxyl groups is 1. The number of benzene rings is 1. The second-order valence-corrected chi connectivity index (χ2v) is 6.13. The van der Waals surface area contributed by atoms with Crippen LogP contribution in [0.5, 0.6) is 0 Å². The van der Waals surface area contributed by atoms with E-state index in [1.807, 2.05) is 13.8 Å². The molecule has 1 aromatic carbocycles. The summed E-state index contributed by atoms with van der Waals surface area (Å²) in [6, 6.07) is 5.38. The second-order valence-electron chi connectivity index (χ2n) is 6.13. The number of hydrogen-bond donors (Lipinski definition) is 2. The number of morpholine rings is 1. The molecule has 6 heteroatoms. The summed E-state index contributed by atoms with van der Waals surface area (Å²) in [7, 11) is 0. The molecule has 2 rings (SSSR count). The number of nitrogens with zero attached hydrogens (tertiary/aromatic N) is 1. The van der Waals surface area contributed by atoms with Crippen LogP contribution in [0.3, 0.4) is 0 Å². The molecule has 1 amide bonds. The van der Waals surface area contributed by atoms with Gasteiger partial charge in [-0.2, -0.15) is 0 Å². The van der Waals surface area contributed by atoms with Crippen LogP contribution >= 0.6 is 0 Å². The third-order valence-corrected chi connectivity index (χ3v) is 4.04. The number of amides is 1. The quantitative estimate of drug-likeness (QED) is 0.829. The zero-order chi connectivity index (χ0) is 16.8. The van der Waals surface area contributed by atoms with Gasteiger partial charge in [-0.1, -0.05) is 26.0 Å². The molecule has 128 valence electrons. The Hall–Kier alpha value is -1.50. The molecular weight excluding hydrogens is 299 g/mol. The molecule has 0 aromatic heterocycles. The first-order valence-corrected chi connectivity index (χ1v) is 8.02. The Balaban J connectivity index is 1.93. The number of aliphatic hydroxyl groups excluding tert-OH is 1. The van der Waals surface area contributed by atoms with E-state index in [1.165, 1.54) is 12.1 Å². The molecule has 0 spiro atoms. The lowest BCUT2D eigenvalue weighted by molar-refractivity contribution is -0.138. The highest BCUT2D eigenvalue weighted by atomic mass is 19.1. The van der Waals surface area contributed by atoms with Crippen molar-refractivity contribution in [3.63, 3.8) is 0 Å². The molecule has 1 heterocycles. The summed E-state index contributed by atoms with van der Waals surface area (Å²) in [5, 5.41) is 13.4. The highest BCUT2D eigenvalue weighted by molar-refractivity contribution is 5.82. The van der Waals surface area contributed by atoms with Crippen LogP contribution in [0.1, 0.15) is 25.5 Å². The number of carbonyl (C=O) groups excluding carboxylic acids is 1. The molecule has 1 aliphatic rings. The summed E-state index contributed by atoms with van der Waals surface area (Å²) in [5.74, 6) is -0.197. The zero-order valence-electron chi connectivity index (χ0n) is 13.7. The van der Waals surface area contributed by atoms with Gasteiger partial charge in [-0.25, -0.2) is 4.39 Å². The monoisotopic (exact) mass is 324 g/mol. The van der Waals surface area contributed by atoms with E-state index in [0.29, 0.717) is 31.9 Å². The summed E-state index contributed by atoms with van der Waals surface area (Å²) in [4.78, 5) is 14.4. The molecule has 0 radical (unpaired) electrons. The predicted molar refractivity (Wildman–Crippen MR) is 85.4 cm³/mol. The SMILES string of the molecule is CC(C)C(NCC(O)c1ccc(F)cc1)C(=O)N1CCOCC1. The number of halogens is 1. The fraction of sp³-hybridized carbons (Fsp3) is 0.588. The van der Waals surface area contributed by atoms with Crippen molar-refractivity contribution in [1.82, 2.24) is 10.2 Å². The molecule has 2 unspecified atom stereocenters. The highest BCUT2D eigenvalue weighted by Gasteiger charge is 2.28. The van der Waals surface area contributed by atoms with Crippen LogP contribution in [0.2, 0.25) is 0 Å². The lowest BCUT2D eigenvalue weighted by Crippen LogP contribution is -2.53. The van der Waals surface area contributed by atoms with Gasteiger partial charge in [-0.05, 0) is 23.6 Å². The Kier molecular flexibility index (Phi) is 6.50. The average molecular weight is 324 g/mol. The Morgan fingerprint density at radius 2 is 1.91 bits per heavy atom. The van der Waals surface area contributed by atoms with E-state index in [4.69, 9.17) is 4.74 Å². The van der Waals surface area contributed by atoms with E-state index in [0.717, 1.165) is 0 Å². The van der Waals surface area contributed by atoms with Gasteiger partial charge in [0.15, 0.2) is 0 Å². The number of nitrogens with one attached hydrogen (secondary N) is 1. The Morgan fingerprint density at radius 3 is 2.48 bits per heavy atom. The molecule has 1 aliphatic heterocycles. The van der Waals surface area contributed by atoms with Crippen molar-refractivity contribution in [3.8, 4) is 0 Å². The van der Waals surface area contributed by atoms with Crippen LogP contribution in [0, 0.1) is 11.7 Å². The van der Waals surface area contributed by atoms with Crippen LogP contribution in [0.4, 0.5) is 4.39 Å². The maximum absolute atomic E-state index is 12.9.